The van der Waals surface area contributed by atoms with Crippen LogP contribution in [-0.4, -0.2) is 46.8 Å². The summed E-state index contributed by atoms with van der Waals surface area (Å²) in [5.41, 5.74) is 3.40. The normalized spacial score (nSPS) is 25.8. The van der Waals surface area contributed by atoms with Gasteiger partial charge < -0.3 is 14.7 Å². The number of aliphatic hydroxyl groups excluding tert-OH is 1. The van der Waals surface area contributed by atoms with Crippen molar-refractivity contribution < 1.29 is 18.8 Å². The number of benzene rings is 2. The number of fused-ring (bicyclic) bond motifs is 3. The van der Waals surface area contributed by atoms with Gasteiger partial charge in [0.05, 0.1) is 18.4 Å². The number of hydrogen-bond donors (Lipinski definition) is 2. The Balaban J connectivity index is 1.49. The Kier molecular flexibility index (Phi) is 9.71. The second kappa shape index (κ2) is 13.1. The summed E-state index contributed by atoms with van der Waals surface area (Å²) in [5.74, 6) is 0.701. The van der Waals surface area contributed by atoms with Gasteiger partial charge in [-0.2, -0.15) is 0 Å². The number of allylic oxidation sites excluding steroid dienone is 2. The summed E-state index contributed by atoms with van der Waals surface area (Å²) in [5, 5.41) is 17.4. The van der Waals surface area contributed by atoms with Crippen molar-refractivity contribution in [3.63, 3.8) is 0 Å². The molecule has 0 aromatic heterocycles. The van der Waals surface area contributed by atoms with Gasteiger partial charge in [-0.05, 0) is 105 Å². The number of aliphatic hydroxyl groups is 1. The van der Waals surface area contributed by atoms with Crippen LogP contribution < -0.4 is 14.8 Å². The van der Waals surface area contributed by atoms with Crippen molar-refractivity contribution in [3.8, 4) is 5.75 Å². The van der Waals surface area contributed by atoms with Crippen LogP contribution in [-0.2, 0) is 21.8 Å². The van der Waals surface area contributed by atoms with Crippen LogP contribution in [0.5, 0.6) is 5.75 Å². The van der Waals surface area contributed by atoms with Crippen LogP contribution in [0.15, 0.2) is 65.6 Å². The predicted molar refractivity (Wildman–Crippen MR) is 175 cm³/mol. The first kappa shape index (κ1) is 31.8. The van der Waals surface area contributed by atoms with Crippen LogP contribution in [0.2, 0.25) is 5.02 Å². The average molecular weight is 626 g/mol. The van der Waals surface area contributed by atoms with Crippen LogP contribution in [0, 0.1) is 17.8 Å². The molecule has 232 valence electrons. The molecule has 0 saturated heterocycles. The molecule has 0 radical (unpaired) electrons. The summed E-state index contributed by atoms with van der Waals surface area (Å²) >= 11 is 6.39. The molecule has 0 unspecified atom stereocenters. The van der Waals surface area contributed by atoms with Crippen LogP contribution >= 0.6 is 11.6 Å². The fourth-order valence-corrected chi connectivity index (χ4v) is 8.66. The molecular formula is C34H44ClN3O4S. The van der Waals surface area contributed by atoms with E-state index in [0.29, 0.717) is 31.0 Å². The summed E-state index contributed by atoms with van der Waals surface area (Å²) in [6, 6.07) is 11.5. The van der Waals surface area contributed by atoms with E-state index in [1.165, 1.54) is 11.1 Å². The Hall–Kier alpha value is -2.65. The van der Waals surface area contributed by atoms with Gasteiger partial charge in [0.1, 0.15) is 15.7 Å². The zero-order chi connectivity index (χ0) is 30.8. The summed E-state index contributed by atoms with van der Waals surface area (Å²) in [6.45, 7) is 9.61. The van der Waals surface area contributed by atoms with Crippen LogP contribution in [0.1, 0.15) is 67.4 Å². The maximum absolute atomic E-state index is 13.3. The van der Waals surface area contributed by atoms with E-state index in [1.807, 2.05) is 44.2 Å². The number of anilines is 1. The van der Waals surface area contributed by atoms with Crippen LogP contribution in [0.3, 0.4) is 0 Å². The summed E-state index contributed by atoms with van der Waals surface area (Å²) in [4.78, 5) is 15.7. The molecule has 1 aliphatic heterocycles. The molecule has 1 heterocycles. The highest BCUT2D eigenvalue weighted by atomic mass is 35.5. The predicted octanol–water partition coefficient (Wildman–Crippen LogP) is 6.47. The van der Waals surface area contributed by atoms with E-state index in [1.54, 1.807) is 12.1 Å². The molecule has 0 bridgehead atoms. The SMILES string of the molecule is C=C[C@H](O)[C@@H]1CC[C@H]1CN1C[C@@]2(CCCc3cc(Cl)ccc32)COc2ccc(C(=O)N=[S@@](N)(=O)C[C@@H](C)C/C=C\C)cc21. The number of rotatable bonds is 9. The van der Waals surface area contributed by atoms with Gasteiger partial charge in [0.15, 0.2) is 0 Å². The number of nitrogens with zero attached hydrogens (tertiary/aromatic N) is 2. The Morgan fingerprint density at radius 2 is 2.14 bits per heavy atom. The van der Waals surface area contributed by atoms with Gasteiger partial charge in [0.25, 0.3) is 5.91 Å². The van der Waals surface area contributed by atoms with E-state index < -0.39 is 21.9 Å². The number of halogens is 1. The van der Waals surface area contributed by atoms with Crippen molar-refractivity contribution in [2.24, 2.45) is 27.3 Å². The molecule has 3 N–H and O–H groups in total. The van der Waals surface area contributed by atoms with Crippen LogP contribution in [0.25, 0.3) is 0 Å². The molecule has 7 nitrogen and oxygen atoms in total. The second-order valence-corrected chi connectivity index (χ2v) is 15.0. The van der Waals surface area contributed by atoms with Gasteiger partial charge in [-0.1, -0.05) is 42.8 Å². The molecule has 1 amide bonds. The van der Waals surface area contributed by atoms with Gasteiger partial charge in [-0.15, -0.1) is 10.9 Å². The van der Waals surface area contributed by atoms with Crippen LogP contribution in [0.4, 0.5) is 5.69 Å². The number of hydrogen-bond acceptors (Lipinski definition) is 5. The number of carbonyl (C=O) groups is 1. The van der Waals surface area contributed by atoms with E-state index >= 15 is 0 Å². The minimum atomic E-state index is -3.19. The highest BCUT2D eigenvalue weighted by Crippen LogP contribution is 2.46. The molecule has 1 spiro atoms. The number of nitrogens with two attached hydrogens (primary N) is 1. The van der Waals surface area contributed by atoms with E-state index in [4.69, 9.17) is 21.5 Å². The topological polar surface area (TPSA) is 105 Å². The van der Waals surface area contributed by atoms with Gasteiger partial charge in [-0.25, -0.2) is 9.35 Å². The highest BCUT2D eigenvalue weighted by molar-refractivity contribution is 7.91. The van der Waals surface area contributed by atoms with E-state index in [-0.39, 0.29) is 28.9 Å². The van der Waals surface area contributed by atoms with Crippen molar-refractivity contribution in [1.29, 1.82) is 0 Å². The molecule has 2 aromatic carbocycles. The van der Waals surface area contributed by atoms with Crippen molar-refractivity contribution in [1.82, 2.24) is 0 Å². The number of ether oxygens (including phenoxy) is 1. The first-order valence-corrected chi connectivity index (χ1v) is 17.5. The molecule has 3 aliphatic rings. The van der Waals surface area contributed by atoms with Gasteiger partial charge in [-0.3, -0.25) is 4.79 Å². The van der Waals surface area contributed by atoms with E-state index in [9.17, 15) is 14.1 Å². The Labute approximate surface area is 261 Å². The third-order valence-corrected chi connectivity index (χ3v) is 11.2. The van der Waals surface area contributed by atoms with Gasteiger partial charge in [0, 0.05) is 34.8 Å². The number of amides is 1. The Morgan fingerprint density at radius 1 is 1.33 bits per heavy atom. The van der Waals surface area contributed by atoms with Crippen molar-refractivity contribution >= 4 is 33.1 Å². The molecule has 43 heavy (non-hydrogen) atoms. The molecule has 2 aliphatic carbocycles. The minimum absolute atomic E-state index is 0.0342. The third-order valence-electron chi connectivity index (χ3n) is 9.43. The van der Waals surface area contributed by atoms with E-state index in [0.717, 1.165) is 49.2 Å². The smallest absolute Gasteiger partial charge is 0.286 e. The molecule has 6 atom stereocenters. The number of carbonyl (C=O) groups excluding carboxylic acids is 1. The lowest BCUT2D eigenvalue weighted by atomic mass is 9.68. The minimum Gasteiger partial charge on any atom is -0.490 e. The highest BCUT2D eigenvalue weighted by Gasteiger charge is 2.44. The monoisotopic (exact) mass is 625 g/mol. The third kappa shape index (κ3) is 7.03. The van der Waals surface area contributed by atoms with Gasteiger partial charge >= 0.3 is 0 Å². The quantitative estimate of drug-likeness (QED) is 0.311. The lowest BCUT2D eigenvalue weighted by molar-refractivity contribution is 0.0460. The summed E-state index contributed by atoms with van der Waals surface area (Å²) in [6.07, 6.45) is 10.7. The largest absolute Gasteiger partial charge is 0.490 e. The lowest BCUT2D eigenvalue weighted by Crippen LogP contribution is -2.49. The van der Waals surface area contributed by atoms with Crippen molar-refractivity contribution in [2.75, 3.05) is 30.3 Å². The van der Waals surface area contributed by atoms with E-state index in [2.05, 4.69) is 28.0 Å². The summed E-state index contributed by atoms with van der Waals surface area (Å²) < 4.78 is 23.7. The molecule has 1 saturated carbocycles. The molecule has 5 rings (SSSR count). The van der Waals surface area contributed by atoms with Crippen molar-refractivity contribution in [3.05, 3.63) is 82.9 Å². The lowest BCUT2D eigenvalue weighted by Gasteiger charge is -2.45. The maximum atomic E-state index is 13.3. The first-order chi connectivity index (χ1) is 20.5. The fraction of sp³-hybridized carbons (Fsp3) is 0.500. The molecule has 9 heteroatoms. The Morgan fingerprint density at radius 3 is 2.86 bits per heavy atom. The summed E-state index contributed by atoms with van der Waals surface area (Å²) in [7, 11) is -3.19. The zero-order valence-corrected chi connectivity index (χ0v) is 26.8. The van der Waals surface area contributed by atoms with Gasteiger partial charge in [0.2, 0.25) is 0 Å². The average Bonchev–Trinajstić information content (AvgIpc) is 3.10. The molecular weight excluding hydrogens is 582 g/mol. The molecule has 1 fully saturated rings. The number of aryl methyl sites for hydroxylation is 1. The fourth-order valence-electron chi connectivity index (χ4n) is 7.05. The first-order valence-electron chi connectivity index (χ1n) is 15.3. The molecule has 2 aromatic rings. The van der Waals surface area contributed by atoms with Crippen molar-refractivity contribution in [2.45, 2.75) is 63.9 Å². The second-order valence-electron chi connectivity index (χ2n) is 12.7. The standard InChI is InChI=1S/C34H44ClN3O4S/c1-4-6-8-23(3)20-43(36,41)37-33(40)25-11-15-32-30(18-25)38(19-26-10-13-28(26)31(39)5-2)21-34(22-42-32)16-7-9-24-17-27(35)12-14-29(24)34/h4-6,11-12,14-15,17-18,23,26,28,31,39H,2,7-10,13,16,19-22H2,1,3H3,(H2,36,37,40,41)/b6-4-/t23-,26-,28+,31-,34-,43+/m0/s1. The maximum Gasteiger partial charge on any atom is 0.286 e. The zero-order valence-electron chi connectivity index (χ0n) is 25.2. The Bertz CT molecular complexity index is 1520.